The average Bonchev–Trinajstić information content (AvgIpc) is 3.06. The number of fused-ring (bicyclic) bond motifs is 1. The standard InChI is InChI=1S/C18H22N6O/c19-8-7-13(25)10-12-4-1-2-5-15(12)23-17-14(18(20)21)11-22-24-9-3-6-16(17)24/h3,6,9,11-12,15,23H,1-2,4-5,7,10H2,(H3,20,21)/t12-,15+/m1/s1. The number of ketones is 1. The van der Waals surface area contributed by atoms with Gasteiger partial charge in [-0.1, -0.05) is 12.8 Å². The molecule has 4 N–H and O–H groups in total. The number of carbonyl (C=O) groups is 1. The quantitative estimate of drug-likeness (QED) is 0.552. The SMILES string of the molecule is N#CCC(=O)C[C@H]1CCCC[C@@H]1Nc1c(C(=N)N)cnn2cccc12. The molecule has 0 aliphatic heterocycles. The van der Waals surface area contributed by atoms with Crippen LogP contribution in [0.1, 0.15) is 44.1 Å². The van der Waals surface area contributed by atoms with Gasteiger partial charge in [0.1, 0.15) is 11.6 Å². The highest BCUT2D eigenvalue weighted by Gasteiger charge is 2.28. The van der Waals surface area contributed by atoms with Crippen LogP contribution >= 0.6 is 0 Å². The molecule has 0 radical (unpaired) electrons. The summed E-state index contributed by atoms with van der Waals surface area (Å²) in [5.41, 5.74) is 7.96. The predicted molar refractivity (Wildman–Crippen MR) is 95.4 cm³/mol. The summed E-state index contributed by atoms with van der Waals surface area (Å²) in [6.07, 6.45) is 7.94. The number of carbonyl (C=O) groups excluding carboxylic acids is 1. The van der Waals surface area contributed by atoms with Crippen molar-refractivity contribution in [3.8, 4) is 6.07 Å². The maximum Gasteiger partial charge on any atom is 0.147 e. The van der Waals surface area contributed by atoms with Gasteiger partial charge in [0, 0.05) is 18.7 Å². The molecule has 1 aliphatic carbocycles. The Bertz CT molecular complexity index is 834. The Balaban J connectivity index is 1.89. The number of Topliss-reactive ketones (excluding diaryl/α,β-unsaturated/α-hetero) is 1. The molecule has 130 valence electrons. The Morgan fingerprint density at radius 1 is 1.48 bits per heavy atom. The molecule has 2 atom stereocenters. The number of hydrogen-bond donors (Lipinski definition) is 3. The maximum atomic E-state index is 11.9. The smallest absolute Gasteiger partial charge is 0.147 e. The largest absolute Gasteiger partial charge is 0.384 e. The Morgan fingerprint density at radius 3 is 3.04 bits per heavy atom. The van der Waals surface area contributed by atoms with Crippen LogP contribution in [0.15, 0.2) is 24.5 Å². The van der Waals surface area contributed by atoms with Gasteiger partial charge in [-0.15, -0.1) is 0 Å². The molecular formula is C18H22N6O. The van der Waals surface area contributed by atoms with Crippen molar-refractivity contribution in [2.45, 2.75) is 44.6 Å². The number of anilines is 1. The van der Waals surface area contributed by atoms with Crippen LogP contribution in [-0.2, 0) is 4.79 Å². The van der Waals surface area contributed by atoms with E-state index in [2.05, 4.69) is 10.4 Å². The van der Waals surface area contributed by atoms with Crippen LogP contribution in [0.2, 0.25) is 0 Å². The molecule has 2 aromatic rings. The summed E-state index contributed by atoms with van der Waals surface area (Å²) < 4.78 is 1.74. The number of nitriles is 1. The van der Waals surface area contributed by atoms with Crippen molar-refractivity contribution in [2.24, 2.45) is 11.7 Å². The summed E-state index contributed by atoms with van der Waals surface area (Å²) in [6, 6.07) is 5.89. The summed E-state index contributed by atoms with van der Waals surface area (Å²) in [5, 5.41) is 24.4. The molecule has 25 heavy (non-hydrogen) atoms. The zero-order chi connectivity index (χ0) is 17.8. The first-order valence-electron chi connectivity index (χ1n) is 8.56. The third-order valence-electron chi connectivity index (χ3n) is 4.86. The third kappa shape index (κ3) is 3.63. The normalized spacial score (nSPS) is 20.1. The van der Waals surface area contributed by atoms with E-state index in [1.54, 1.807) is 10.7 Å². The van der Waals surface area contributed by atoms with Gasteiger partial charge in [-0.25, -0.2) is 4.52 Å². The lowest BCUT2D eigenvalue weighted by molar-refractivity contribution is -0.119. The number of rotatable bonds is 6. The fourth-order valence-electron chi connectivity index (χ4n) is 3.63. The number of nitrogen functional groups attached to an aromatic ring is 1. The number of nitrogens with one attached hydrogen (secondary N) is 2. The van der Waals surface area contributed by atoms with Crippen LogP contribution in [0.25, 0.3) is 5.52 Å². The van der Waals surface area contributed by atoms with Gasteiger partial charge in [0.15, 0.2) is 0 Å². The van der Waals surface area contributed by atoms with Crippen molar-refractivity contribution in [3.63, 3.8) is 0 Å². The van der Waals surface area contributed by atoms with Crippen LogP contribution in [0.3, 0.4) is 0 Å². The van der Waals surface area contributed by atoms with Crippen molar-refractivity contribution in [2.75, 3.05) is 5.32 Å². The van der Waals surface area contributed by atoms with Crippen LogP contribution < -0.4 is 11.1 Å². The van der Waals surface area contributed by atoms with Gasteiger partial charge < -0.3 is 11.1 Å². The van der Waals surface area contributed by atoms with Gasteiger partial charge in [0.2, 0.25) is 0 Å². The molecule has 0 spiro atoms. The first kappa shape index (κ1) is 17.0. The van der Waals surface area contributed by atoms with Gasteiger partial charge in [-0.05, 0) is 30.9 Å². The molecule has 0 saturated heterocycles. The first-order valence-corrected chi connectivity index (χ1v) is 8.56. The molecule has 0 aromatic carbocycles. The molecule has 0 amide bonds. The van der Waals surface area contributed by atoms with Gasteiger partial charge in [0.25, 0.3) is 0 Å². The Morgan fingerprint density at radius 2 is 2.28 bits per heavy atom. The van der Waals surface area contributed by atoms with Gasteiger partial charge >= 0.3 is 0 Å². The lowest BCUT2D eigenvalue weighted by Crippen LogP contribution is -2.34. The van der Waals surface area contributed by atoms with Crippen LogP contribution in [-0.4, -0.2) is 27.3 Å². The lowest BCUT2D eigenvalue weighted by atomic mass is 9.81. The summed E-state index contributed by atoms with van der Waals surface area (Å²) >= 11 is 0. The summed E-state index contributed by atoms with van der Waals surface area (Å²) in [5.74, 6) is 0.153. The van der Waals surface area contributed by atoms with Crippen LogP contribution in [0, 0.1) is 22.7 Å². The molecule has 2 heterocycles. The third-order valence-corrected chi connectivity index (χ3v) is 4.86. The highest BCUT2D eigenvalue weighted by molar-refractivity contribution is 6.03. The van der Waals surface area contributed by atoms with Crippen molar-refractivity contribution in [3.05, 3.63) is 30.1 Å². The molecular weight excluding hydrogens is 316 g/mol. The zero-order valence-electron chi connectivity index (χ0n) is 14.0. The van der Waals surface area contributed by atoms with E-state index in [9.17, 15) is 4.79 Å². The lowest BCUT2D eigenvalue weighted by Gasteiger charge is -2.33. The van der Waals surface area contributed by atoms with Crippen molar-refractivity contribution in [1.29, 1.82) is 10.7 Å². The number of nitrogens with zero attached hydrogens (tertiary/aromatic N) is 3. The second kappa shape index (κ2) is 7.34. The van der Waals surface area contributed by atoms with Gasteiger partial charge in [-0.2, -0.15) is 10.4 Å². The molecule has 0 unspecified atom stereocenters. The number of hydrogen-bond acceptors (Lipinski definition) is 5. The monoisotopic (exact) mass is 338 g/mol. The van der Waals surface area contributed by atoms with Crippen molar-refractivity contribution in [1.82, 2.24) is 9.61 Å². The first-order chi connectivity index (χ1) is 12.1. The van der Waals surface area contributed by atoms with Crippen LogP contribution in [0.4, 0.5) is 5.69 Å². The van der Waals surface area contributed by atoms with E-state index in [1.165, 1.54) is 0 Å². The fourth-order valence-corrected chi connectivity index (χ4v) is 3.63. The fraction of sp³-hybridized carbons (Fsp3) is 0.444. The van der Waals surface area contributed by atoms with E-state index in [0.717, 1.165) is 36.9 Å². The Labute approximate surface area is 146 Å². The van der Waals surface area contributed by atoms with Crippen molar-refractivity contribution < 1.29 is 4.79 Å². The summed E-state index contributed by atoms with van der Waals surface area (Å²) in [4.78, 5) is 11.9. The molecule has 1 fully saturated rings. The minimum atomic E-state index is -0.0355. The topological polar surface area (TPSA) is 120 Å². The van der Waals surface area contributed by atoms with Gasteiger partial charge in [-0.3, -0.25) is 10.2 Å². The van der Waals surface area contributed by atoms with E-state index in [0.29, 0.717) is 12.0 Å². The van der Waals surface area contributed by atoms with Gasteiger partial charge in [0.05, 0.1) is 35.5 Å². The molecule has 1 saturated carbocycles. The average molecular weight is 338 g/mol. The maximum absolute atomic E-state index is 11.9. The van der Waals surface area contributed by atoms with E-state index in [-0.39, 0.29) is 30.0 Å². The summed E-state index contributed by atoms with van der Waals surface area (Å²) in [7, 11) is 0. The Kier molecular flexibility index (Phi) is 4.98. The summed E-state index contributed by atoms with van der Waals surface area (Å²) in [6.45, 7) is 0. The molecule has 1 aliphatic rings. The molecule has 2 aromatic heterocycles. The molecule has 7 nitrogen and oxygen atoms in total. The minimum Gasteiger partial charge on any atom is -0.384 e. The van der Waals surface area contributed by atoms with E-state index < -0.39 is 0 Å². The number of nitrogens with two attached hydrogens (primary N) is 1. The Hall–Kier alpha value is -2.88. The van der Waals surface area contributed by atoms with E-state index in [1.807, 2.05) is 24.4 Å². The van der Waals surface area contributed by atoms with E-state index >= 15 is 0 Å². The second-order valence-corrected chi connectivity index (χ2v) is 6.56. The molecule has 3 rings (SSSR count). The number of aromatic nitrogens is 2. The van der Waals surface area contributed by atoms with Crippen molar-refractivity contribution >= 4 is 22.8 Å². The highest BCUT2D eigenvalue weighted by atomic mass is 16.1. The number of amidine groups is 1. The minimum absolute atomic E-state index is 0.00412. The van der Waals surface area contributed by atoms with Crippen LogP contribution in [0.5, 0.6) is 0 Å². The predicted octanol–water partition coefficient (Wildman–Crippen LogP) is 2.46. The zero-order valence-corrected chi connectivity index (χ0v) is 14.0. The van der Waals surface area contributed by atoms with E-state index in [4.69, 9.17) is 16.4 Å². The second-order valence-electron chi connectivity index (χ2n) is 6.56. The molecule has 7 heteroatoms. The highest BCUT2D eigenvalue weighted by Crippen LogP contribution is 2.32. The molecule has 0 bridgehead atoms.